The van der Waals surface area contributed by atoms with Crippen LogP contribution in [0.25, 0.3) is 11.1 Å². The van der Waals surface area contributed by atoms with Gasteiger partial charge in [-0.05, 0) is 22.3 Å². The summed E-state index contributed by atoms with van der Waals surface area (Å²) >= 11 is 3.26. The van der Waals surface area contributed by atoms with Gasteiger partial charge < -0.3 is 9.64 Å². The van der Waals surface area contributed by atoms with Crippen LogP contribution in [0, 0.1) is 0 Å². The number of benzene rings is 2. The number of nitrogens with zero attached hydrogens (tertiary/aromatic N) is 1. The highest BCUT2D eigenvalue weighted by molar-refractivity contribution is 9.11. The predicted molar refractivity (Wildman–Crippen MR) is 95.8 cm³/mol. The number of ether oxygens (including phenoxy) is 1. The van der Waals surface area contributed by atoms with Crippen molar-refractivity contribution in [2.75, 3.05) is 20.2 Å². The van der Waals surface area contributed by atoms with Gasteiger partial charge in [-0.2, -0.15) is 0 Å². The van der Waals surface area contributed by atoms with E-state index >= 15 is 0 Å². The fraction of sp³-hybridized carbons (Fsp3) is 0.211. The van der Waals surface area contributed by atoms with E-state index in [-0.39, 0.29) is 12.0 Å². The molecule has 2 aromatic carbocycles. The Kier molecular flexibility index (Phi) is 4.53. The number of halogens is 1. The SMILES string of the molecule is C=C(Br)CN(C)C(=O)OCC1c2ccccc2-c2ccccc21. The molecular formula is C19H18BrNO2. The summed E-state index contributed by atoms with van der Waals surface area (Å²) in [5.74, 6) is 0.0897. The molecule has 0 saturated heterocycles. The zero-order valence-electron chi connectivity index (χ0n) is 13.0. The van der Waals surface area contributed by atoms with E-state index in [4.69, 9.17) is 4.74 Å². The van der Waals surface area contributed by atoms with Gasteiger partial charge in [0.1, 0.15) is 6.61 Å². The summed E-state index contributed by atoms with van der Waals surface area (Å²) in [5.41, 5.74) is 4.89. The van der Waals surface area contributed by atoms with Gasteiger partial charge in [0.05, 0.1) is 6.54 Å². The summed E-state index contributed by atoms with van der Waals surface area (Å²) in [4.78, 5) is 13.6. The number of carbonyl (C=O) groups is 1. The van der Waals surface area contributed by atoms with Crippen LogP contribution in [0.5, 0.6) is 0 Å². The van der Waals surface area contributed by atoms with Gasteiger partial charge in [0.15, 0.2) is 0 Å². The minimum absolute atomic E-state index is 0.0897. The normalized spacial score (nSPS) is 12.4. The molecule has 0 fully saturated rings. The summed E-state index contributed by atoms with van der Waals surface area (Å²) < 4.78 is 6.27. The van der Waals surface area contributed by atoms with Crippen LogP contribution in [0.1, 0.15) is 17.0 Å². The van der Waals surface area contributed by atoms with Gasteiger partial charge in [0, 0.05) is 17.4 Å². The van der Waals surface area contributed by atoms with Crippen molar-refractivity contribution in [2.45, 2.75) is 5.92 Å². The van der Waals surface area contributed by atoms with Crippen molar-refractivity contribution in [3.05, 3.63) is 70.7 Å². The second-order valence-corrected chi connectivity index (χ2v) is 6.80. The summed E-state index contributed by atoms with van der Waals surface area (Å²) in [6.45, 7) is 4.51. The standard InChI is InChI=1S/C19H18BrNO2/c1-13(20)11-21(2)19(22)23-12-18-16-9-5-3-7-14(16)15-8-4-6-10-17(15)18/h3-10,18H,1,11-12H2,2H3. The van der Waals surface area contributed by atoms with Crippen LogP contribution in [0.4, 0.5) is 4.79 Å². The van der Waals surface area contributed by atoms with Gasteiger partial charge in [-0.1, -0.05) is 71.0 Å². The third kappa shape index (κ3) is 3.17. The summed E-state index contributed by atoms with van der Waals surface area (Å²) in [5, 5.41) is 0. The molecule has 0 heterocycles. The topological polar surface area (TPSA) is 29.5 Å². The zero-order chi connectivity index (χ0) is 16.4. The quantitative estimate of drug-likeness (QED) is 0.773. The predicted octanol–water partition coefficient (Wildman–Crippen LogP) is 4.78. The Bertz CT molecular complexity index is 711. The van der Waals surface area contributed by atoms with Crippen LogP contribution >= 0.6 is 15.9 Å². The minimum Gasteiger partial charge on any atom is -0.448 e. The second kappa shape index (κ2) is 6.59. The van der Waals surface area contributed by atoms with Crippen LogP contribution in [0.2, 0.25) is 0 Å². The molecule has 0 aromatic heterocycles. The molecule has 0 aliphatic heterocycles. The Morgan fingerprint density at radius 1 is 1.13 bits per heavy atom. The van der Waals surface area contributed by atoms with E-state index in [1.807, 2.05) is 24.3 Å². The van der Waals surface area contributed by atoms with Gasteiger partial charge in [-0.25, -0.2) is 4.79 Å². The highest BCUT2D eigenvalue weighted by Gasteiger charge is 2.29. The Morgan fingerprint density at radius 3 is 2.17 bits per heavy atom. The summed E-state index contributed by atoms with van der Waals surface area (Å²) in [7, 11) is 1.70. The molecule has 1 aliphatic carbocycles. The molecule has 4 heteroatoms. The van der Waals surface area contributed by atoms with Crippen molar-refractivity contribution < 1.29 is 9.53 Å². The first-order valence-corrected chi connectivity index (χ1v) is 8.26. The van der Waals surface area contributed by atoms with E-state index in [1.54, 1.807) is 7.05 Å². The molecule has 0 bridgehead atoms. The molecule has 2 aromatic rings. The Hall–Kier alpha value is -2.07. The monoisotopic (exact) mass is 371 g/mol. The van der Waals surface area contributed by atoms with Crippen LogP contribution in [-0.2, 0) is 4.74 Å². The largest absolute Gasteiger partial charge is 0.448 e. The van der Waals surface area contributed by atoms with Gasteiger partial charge in [-0.15, -0.1) is 0 Å². The van der Waals surface area contributed by atoms with E-state index < -0.39 is 0 Å². The fourth-order valence-corrected chi connectivity index (χ4v) is 3.40. The van der Waals surface area contributed by atoms with Gasteiger partial charge in [-0.3, -0.25) is 0 Å². The molecular weight excluding hydrogens is 354 g/mol. The lowest BCUT2D eigenvalue weighted by Gasteiger charge is -2.19. The number of fused-ring (bicyclic) bond motifs is 3. The Balaban J connectivity index is 1.78. The Morgan fingerprint density at radius 2 is 1.65 bits per heavy atom. The number of likely N-dealkylation sites (N-methyl/N-ethyl adjacent to an activating group) is 1. The van der Waals surface area contributed by atoms with Gasteiger partial charge in [0.2, 0.25) is 0 Å². The molecule has 1 amide bonds. The maximum atomic E-state index is 12.1. The van der Waals surface area contributed by atoms with Crippen LogP contribution < -0.4 is 0 Å². The molecule has 3 nitrogen and oxygen atoms in total. The smallest absolute Gasteiger partial charge is 0.409 e. The van der Waals surface area contributed by atoms with Crippen LogP contribution in [-0.4, -0.2) is 31.2 Å². The molecule has 3 rings (SSSR count). The first kappa shape index (κ1) is 15.8. The van der Waals surface area contributed by atoms with Crippen LogP contribution in [0.3, 0.4) is 0 Å². The molecule has 23 heavy (non-hydrogen) atoms. The van der Waals surface area contributed by atoms with Crippen molar-refractivity contribution in [3.8, 4) is 11.1 Å². The molecule has 1 aliphatic rings. The van der Waals surface area contributed by atoms with Gasteiger partial charge in [0.25, 0.3) is 0 Å². The van der Waals surface area contributed by atoms with Crippen molar-refractivity contribution in [2.24, 2.45) is 0 Å². The highest BCUT2D eigenvalue weighted by atomic mass is 79.9. The minimum atomic E-state index is -0.340. The van der Waals surface area contributed by atoms with Crippen molar-refractivity contribution in [3.63, 3.8) is 0 Å². The summed E-state index contributed by atoms with van der Waals surface area (Å²) in [6, 6.07) is 16.6. The van der Waals surface area contributed by atoms with E-state index in [1.165, 1.54) is 27.2 Å². The lowest BCUT2D eigenvalue weighted by atomic mass is 9.98. The van der Waals surface area contributed by atoms with Crippen molar-refractivity contribution in [1.29, 1.82) is 0 Å². The van der Waals surface area contributed by atoms with E-state index in [2.05, 4.69) is 46.8 Å². The second-order valence-electron chi connectivity index (χ2n) is 5.68. The maximum Gasteiger partial charge on any atom is 0.409 e. The molecule has 0 spiro atoms. The number of hydrogen-bond donors (Lipinski definition) is 0. The molecule has 0 radical (unpaired) electrons. The first-order chi connectivity index (χ1) is 11.1. The first-order valence-electron chi connectivity index (χ1n) is 7.47. The van der Waals surface area contributed by atoms with Crippen molar-refractivity contribution >= 4 is 22.0 Å². The lowest BCUT2D eigenvalue weighted by molar-refractivity contribution is 0.111. The number of amides is 1. The number of carbonyl (C=O) groups excluding carboxylic acids is 1. The fourth-order valence-electron chi connectivity index (χ4n) is 3.03. The number of hydrogen-bond acceptors (Lipinski definition) is 2. The van der Waals surface area contributed by atoms with E-state index in [0.29, 0.717) is 13.2 Å². The lowest BCUT2D eigenvalue weighted by Crippen LogP contribution is -2.29. The molecule has 0 unspecified atom stereocenters. The van der Waals surface area contributed by atoms with Crippen molar-refractivity contribution in [1.82, 2.24) is 4.90 Å². The van der Waals surface area contributed by atoms with E-state index in [9.17, 15) is 4.79 Å². The maximum absolute atomic E-state index is 12.1. The zero-order valence-corrected chi connectivity index (χ0v) is 14.5. The molecule has 118 valence electrons. The molecule has 0 saturated carbocycles. The Labute approximate surface area is 144 Å². The van der Waals surface area contributed by atoms with E-state index in [0.717, 1.165) is 4.48 Å². The number of rotatable bonds is 4. The highest BCUT2D eigenvalue weighted by Crippen LogP contribution is 2.44. The van der Waals surface area contributed by atoms with Crippen LogP contribution in [0.15, 0.2) is 59.6 Å². The third-order valence-corrected chi connectivity index (χ3v) is 4.31. The molecule has 0 N–H and O–H groups in total. The third-order valence-electron chi connectivity index (χ3n) is 4.06. The average Bonchev–Trinajstić information content (AvgIpc) is 2.86. The summed E-state index contributed by atoms with van der Waals surface area (Å²) in [6.07, 6.45) is -0.340. The van der Waals surface area contributed by atoms with Gasteiger partial charge >= 0.3 is 6.09 Å². The average molecular weight is 372 g/mol. The molecule has 0 atom stereocenters.